The van der Waals surface area contributed by atoms with E-state index < -0.39 is 10.0 Å². The SMILES string of the molecule is CCc1ccc(NC(=S)N/N=C\c2cn(C)c3ccc(S(=O)(=O)N4CCCCC4)cc23)cc1. The lowest BCUT2D eigenvalue weighted by atomic mass is 10.1. The Hall–Kier alpha value is -2.75. The minimum Gasteiger partial charge on any atom is -0.350 e. The third kappa shape index (κ3) is 5.26. The molecular formula is C24H29N5O2S2. The van der Waals surface area contributed by atoms with Crippen LogP contribution >= 0.6 is 12.2 Å². The Morgan fingerprint density at radius 2 is 1.85 bits per heavy atom. The highest BCUT2D eigenvalue weighted by molar-refractivity contribution is 7.89. The first-order valence-corrected chi connectivity index (χ1v) is 13.0. The van der Waals surface area contributed by atoms with Gasteiger partial charge in [-0.25, -0.2) is 8.42 Å². The van der Waals surface area contributed by atoms with Crippen molar-refractivity contribution in [3.05, 3.63) is 59.8 Å². The molecule has 3 aromatic rings. The van der Waals surface area contributed by atoms with Crippen LogP contribution in [-0.4, -0.2) is 41.7 Å². The fourth-order valence-electron chi connectivity index (χ4n) is 4.06. The van der Waals surface area contributed by atoms with Crippen molar-refractivity contribution in [3.8, 4) is 0 Å². The Morgan fingerprint density at radius 3 is 2.55 bits per heavy atom. The normalized spacial score (nSPS) is 15.2. The number of nitrogens with one attached hydrogen (secondary N) is 2. The minimum atomic E-state index is -3.50. The molecule has 1 saturated heterocycles. The van der Waals surface area contributed by atoms with Crippen LogP contribution in [0.25, 0.3) is 10.9 Å². The van der Waals surface area contributed by atoms with Crippen LogP contribution in [0, 0.1) is 0 Å². The number of aromatic nitrogens is 1. The average molecular weight is 484 g/mol. The zero-order valence-electron chi connectivity index (χ0n) is 18.9. The molecule has 1 fully saturated rings. The fraction of sp³-hybridized carbons (Fsp3) is 0.333. The van der Waals surface area contributed by atoms with Crippen LogP contribution in [0.1, 0.15) is 37.3 Å². The minimum absolute atomic E-state index is 0.318. The first-order chi connectivity index (χ1) is 15.9. The number of hydrogen-bond acceptors (Lipinski definition) is 4. The second-order valence-corrected chi connectivity index (χ2v) is 10.6. The van der Waals surface area contributed by atoms with E-state index in [9.17, 15) is 8.42 Å². The van der Waals surface area contributed by atoms with Crippen molar-refractivity contribution in [1.82, 2.24) is 14.3 Å². The van der Waals surface area contributed by atoms with Crippen LogP contribution in [0.3, 0.4) is 0 Å². The molecule has 0 bridgehead atoms. The Labute approximate surface area is 200 Å². The largest absolute Gasteiger partial charge is 0.350 e. The molecule has 174 valence electrons. The van der Waals surface area contributed by atoms with Crippen molar-refractivity contribution >= 4 is 50.2 Å². The molecule has 4 rings (SSSR count). The van der Waals surface area contributed by atoms with Gasteiger partial charge in [-0.15, -0.1) is 0 Å². The Balaban J connectivity index is 1.50. The van der Waals surface area contributed by atoms with E-state index in [1.807, 2.05) is 36.0 Å². The molecule has 0 amide bonds. The maximum Gasteiger partial charge on any atom is 0.243 e. The lowest BCUT2D eigenvalue weighted by molar-refractivity contribution is 0.346. The average Bonchev–Trinajstić information content (AvgIpc) is 3.15. The third-order valence-corrected chi connectivity index (χ3v) is 8.02. The van der Waals surface area contributed by atoms with E-state index in [4.69, 9.17) is 12.2 Å². The van der Waals surface area contributed by atoms with Gasteiger partial charge in [-0.3, -0.25) is 5.43 Å². The number of hydrazone groups is 1. The number of benzene rings is 2. The van der Waals surface area contributed by atoms with Crippen molar-refractivity contribution < 1.29 is 8.42 Å². The van der Waals surface area contributed by atoms with Gasteiger partial charge in [0.25, 0.3) is 0 Å². The van der Waals surface area contributed by atoms with Crippen molar-refractivity contribution in [2.45, 2.75) is 37.5 Å². The van der Waals surface area contributed by atoms with Crippen LogP contribution in [0.15, 0.2) is 58.7 Å². The van der Waals surface area contributed by atoms with Gasteiger partial charge in [-0.1, -0.05) is 25.5 Å². The van der Waals surface area contributed by atoms with E-state index in [-0.39, 0.29) is 0 Å². The van der Waals surface area contributed by atoms with E-state index in [2.05, 4.69) is 34.9 Å². The summed E-state index contributed by atoms with van der Waals surface area (Å²) >= 11 is 5.33. The molecule has 2 heterocycles. The highest BCUT2D eigenvalue weighted by atomic mass is 32.2. The lowest BCUT2D eigenvalue weighted by Crippen LogP contribution is -2.35. The monoisotopic (exact) mass is 483 g/mol. The van der Waals surface area contributed by atoms with Crippen LogP contribution in [0.4, 0.5) is 5.69 Å². The number of fused-ring (bicyclic) bond motifs is 1. The molecule has 2 N–H and O–H groups in total. The first kappa shape index (κ1) is 23.4. The predicted octanol–water partition coefficient (Wildman–Crippen LogP) is 4.24. The van der Waals surface area contributed by atoms with E-state index in [1.165, 1.54) is 5.56 Å². The van der Waals surface area contributed by atoms with Crippen LogP contribution in [-0.2, 0) is 23.5 Å². The van der Waals surface area contributed by atoms with Gasteiger partial charge < -0.3 is 9.88 Å². The summed E-state index contributed by atoms with van der Waals surface area (Å²) in [4.78, 5) is 0.318. The zero-order valence-corrected chi connectivity index (χ0v) is 20.5. The summed E-state index contributed by atoms with van der Waals surface area (Å²) in [7, 11) is -1.57. The number of nitrogens with zero attached hydrogens (tertiary/aromatic N) is 3. The van der Waals surface area contributed by atoms with Crippen molar-refractivity contribution in [2.75, 3.05) is 18.4 Å². The van der Waals surface area contributed by atoms with Crippen molar-refractivity contribution in [1.29, 1.82) is 0 Å². The number of rotatable bonds is 6. The van der Waals surface area contributed by atoms with Crippen molar-refractivity contribution in [2.24, 2.45) is 12.1 Å². The Bertz CT molecular complexity index is 1270. The smallest absolute Gasteiger partial charge is 0.243 e. The molecule has 0 unspecified atom stereocenters. The van der Waals surface area contributed by atoms with Gasteiger partial charge in [0.15, 0.2) is 5.11 Å². The topological polar surface area (TPSA) is 78.7 Å². The summed E-state index contributed by atoms with van der Waals surface area (Å²) in [6.45, 7) is 3.28. The molecule has 33 heavy (non-hydrogen) atoms. The summed E-state index contributed by atoms with van der Waals surface area (Å²) in [5.41, 5.74) is 6.73. The number of piperidine rings is 1. The summed E-state index contributed by atoms with van der Waals surface area (Å²) in [6, 6.07) is 13.3. The van der Waals surface area contributed by atoms with Crippen LogP contribution < -0.4 is 10.7 Å². The molecular weight excluding hydrogens is 454 g/mol. The summed E-state index contributed by atoms with van der Waals surface area (Å²) in [5, 5.41) is 8.58. The van der Waals surface area contributed by atoms with E-state index in [0.29, 0.717) is 23.1 Å². The van der Waals surface area contributed by atoms with Gasteiger partial charge in [0.2, 0.25) is 10.0 Å². The second kappa shape index (κ2) is 10.0. The van der Waals surface area contributed by atoms with Crippen LogP contribution in [0.2, 0.25) is 0 Å². The molecule has 0 aliphatic carbocycles. The number of aryl methyl sites for hydroxylation is 2. The van der Waals surface area contributed by atoms with Gasteiger partial charge in [-0.2, -0.15) is 9.41 Å². The van der Waals surface area contributed by atoms with Gasteiger partial charge in [0.05, 0.1) is 11.1 Å². The first-order valence-electron chi connectivity index (χ1n) is 11.2. The summed E-state index contributed by atoms with van der Waals surface area (Å²) in [6.07, 6.45) is 7.47. The number of hydrogen-bond donors (Lipinski definition) is 2. The number of thiocarbonyl (C=S) groups is 1. The Morgan fingerprint density at radius 1 is 1.12 bits per heavy atom. The van der Waals surface area contributed by atoms with E-state index in [1.54, 1.807) is 22.7 Å². The highest BCUT2D eigenvalue weighted by Gasteiger charge is 2.26. The Kier molecular flexibility index (Phi) is 7.11. The van der Waals surface area contributed by atoms with E-state index >= 15 is 0 Å². The number of anilines is 1. The fourth-order valence-corrected chi connectivity index (χ4v) is 5.78. The summed E-state index contributed by atoms with van der Waals surface area (Å²) in [5.74, 6) is 0. The quantitative estimate of drug-likeness (QED) is 0.312. The van der Waals surface area contributed by atoms with E-state index in [0.717, 1.165) is 47.8 Å². The molecule has 2 aromatic carbocycles. The molecule has 0 atom stereocenters. The third-order valence-electron chi connectivity index (χ3n) is 5.93. The summed E-state index contributed by atoms with van der Waals surface area (Å²) < 4.78 is 29.8. The molecule has 1 aliphatic heterocycles. The molecule has 0 radical (unpaired) electrons. The van der Waals surface area contributed by atoms with Gasteiger partial charge >= 0.3 is 0 Å². The van der Waals surface area contributed by atoms with Crippen LogP contribution in [0.5, 0.6) is 0 Å². The molecule has 0 spiro atoms. The number of sulfonamides is 1. The highest BCUT2D eigenvalue weighted by Crippen LogP contribution is 2.26. The van der Waals surface area contributed by atoms with Gasteiger partial charge in [0, 0.05) is 48.5 Å². The van der Waals surface area contributed by atoms with Gasteiger partial charge in [0.1, 0.15) is 0 Å². The molecule has 0 saturated carbocycles. The standard InChI is InChI=1S/C24H29N5O2S2/c1-3-18-7-9-20(10-8-18)26-24(32)27-25-16-19-17-28(2)23-12-11-21(15-22(19)23)33(30,31)29-13-5-4-6-14-29/h7-12,15-17H,3-6,13-14H2,1-2H3,(H2,26,27,32)/b25-16-. The predicted molar refractivity (Wildman–Crippen MR) is 138 cm³/mol. The van der Waals surface area contributed by atoms with Crippen molar-refractivity contribution in [3.63, 3.8) is 0 Å². The molecule has 1 aliphatic rings. The molecule has 9 heteroatoms. The van der Waals surface area contributed by atoms with Gasteiger partial charge in [-0.05, 0) is 67.4 Å². The maximum atomic E-state index is 13.1. The lowest BCUT2D eigenvalue weighted by Gasteiger charge is -2.25. The maximum absolute atomic E-state index is 13.1. The second-order valence-electron chi connectivity index (χ2n) is 8.21. The zero-order chi connectivity index (χ0) is 23.4. The molecule has 1 aromatic heterocycles. The molecule has 7 nitrogen and oxygen atoms in total.